The molecule has 2 amide bonds. The number of fused-ring (bicyclic) bond motifs is 2. The van der Waals surface area contributed by atoms with Gasteiger partial charge in [0.1, 0.15) is 25.0 Å². The number of nitrogens with zero attached hydrogens (tertiary/aromatic N) is 3. The highest BCUT2D eigenvalue weighted by Crippen LogP contribution is 2.34. The number of cyclic esters (lactones) is 1. The number of rotatable bonds is 4. The number of alkyl halides is 3. The van der Waals surface area contributed by atoms with Crippen LogP contribution >= 0.6 is 0 Å². The SMILES string of the molecule is CC(=O)NC[C@H]1CN(c2ccc3c(c2)OCc2cnn(CC(F)(F)F)c2C3)C(=O)O1. The monoisotopic (exact) mass is 424 g/mol. The van der Waals surface area contributed by atoms with E-state index in [1.165, 1.54) is 18.0 Å². The fraction of sp³-hybridized carbons (Fsp3) is 0.421. The summed E-state index contributed by atoms with van der Waals surface area (Å²) in [5.41, 5.74) is 2.29. The van der Waals surface area contributed by atoms with Crippen molar-refractivity contribution in [3.63, 3.8) is 0 Å². The van der Waals surface area contributed by atoms with Crippen LogP contribution in [0.3, 0.4) is 0 Å². The first kappa shape index (κ1) is 20.0. The molecule has 8 nitrogen and oxygen atoms in total. The van der Waals surface area contributed by atoms with Gasteiger partial charge < -0.3 is 14.8 Å². The minimum Gasteiger partial charge on any atom is -0.488 e. The van der Waals surface area contributed by atoms with Crippen molar-refractivity contribution in [1.82, 2.24) is 15.1 Å². The van der Waals surface area contributed by atoms with E-state index in [4.69, 9.17) is 9.47 Å². The summed E-state index contributed by atoms with van der Waals surface area (Å²) in [5, 5.41) is 6.45. The maximum atomic E-state index is 12.8. The summed E-state index contributed by atoms with van der Waals surface area (Å²) in [7, 11) is 0. The molecule has 0 radical (unpaired) electrons. The smallest absolute Gasteiger partial charge is 0.414 e. The lowest BCUT2D eigenvalue weighted by molar-refractivity contribution is -0.143. The van der Waals surface area contributed by atoms with Gasteiger partial charge in [-0.05, 0) is 6.07 Å². The Morgan fingerprint density at radius 3 is 2.87 bits per heavy atom. The summed E-state index contributed by atoms with van der Waals surface area (Å²) in [5.74, 6) is 0.270. The largest absolute Gasteiger partial charge is 0.488 e. The van der Waals surface area contributed by atoms with Crippen LogP contribution in [0.15, 0.2) is 24.4 Å². The number of benzene rings is 1. The minimum atomic E-state index is -4.37. The molecule has 1 saturated heterocycles. The van der Waals surface area contributed by atoms with Crippen LogP contribution in [-0.4, -0.2) is 47.2 Å². The molecule has 2 aliphatic heterocycles. The number of carbonyl (C=O) groups is 2. The van der Waals surface area contributed by atoms with Gasteiger partial charge in [0.25, 0.3) is 0 Å². The number of hydrogen-bond donors (Lipinski definition) is 1. The summed E-state index contributed by atoms with van der Waals surface area (Å²) in [6.45, 7) is 0.775. The van der Waals surface area contributed by atoms with Crippen LogP contribution in [0.4, 0.5) is 23.7 Å². The highest BCUT2D eigenvalue weighted by molar-refractivity contribution is 5.90. The first-order valence-corrected chi connectivity index (χ1v) is 9.28. The number of hydrogen-bond acceptors (Lipinski definition) is 5. The molecular formula is C19H19F3N4O4. The predicted molar refractivity (Wildman–Crippen MR) is 98.2 cm³/mol. The molecule has 30 heavy (non-hydrogen) atoms. The fourth-order valence-electron chi connectivity index (χ4n) is 3.50. The molecular weight excluding hydrogens is 405 g/mol. The van der Waals surface area contributed by atoms with Crippen LogP contribution in [0.25, 0.3) is 0 Å². The molecule has 1 N–H and O–H groups in total. The van der Waals surface area contributed by atoms with E-state index in [9.17, 15) is 22.8 Å². The maximum absolute atomic E-state index is 12.8. The Bertz CT molecular complexity index is 989. The van der Waals surface area contributed by atoms with E-state index >= 15 is 0 Å². The Morgan fingerprint density at radius 2 is 2.13 bits per heavy atom. The third kappa shape index (κ3) is 4.19. The van der Waals surface area contributed by atoms with Gasteiger partial charge in [0, 0.05) is 36.2 Å². The van der Waals surface area contributed by atoms with Gasteiger partial charge in [0.2, 0.25) is 5.91 Å². The second kappa shape index (κ2) is 7.54. The molecule has 0 saturated carbocycles. The molecule has 1 fully saturated rings. The van der Waals surface area contributed by atoms with Gasteiger partial charge >= 0.3 is 12.3 Å². The summed E-state index contributed by atoms with van der Waals surface area (Å²) >= 11 is 0. The van der Waals surface area contributed by atoms with Gasteiger partial charge in [-0.1, -0.05) is 6.07 Å². The Kier molecular flexibility index (Phi) is 5.04. The van der Waals surface area contributed by atoms with Gasteiger partial charge in [-0.2, -0.15) is 18.3 Å². The normalized spacial score (nSPS) is 18.2. The van der Waals surface area contributed by atoms with Crippen molar-refractivity contribution in [2.45, 2.75) is 38.8 Å². The van der Waals surface area contributed by atoms with E-state index in [-0.39, 0.29) is 32.0 Å². The summed E-state index contributed by atoms with van der Waals surface area (Å²) in [6, 6.07) is 5.09. The van der Waals surface area contributed by atoms with Crippen molar-refractivity contribution in [3.8, 4) is 5.75 Å². The van der Waals surface area contributed by atoms with Gasteiger partial charge in [-0.25, -0.2) is 4.79 Å². The molecule has 1 atom stereocenters. The molecule has 0 bridgehead atoms. The molecule has 11 heteroatoms. The van der Waals surface area contributed by atoms with E-state index in [0.29, 0.717) is 28.3 Å². The topological polar surface area (TPSA) is 85.7 Å². The molecule has 2 aromatic rings. The molecule has 1 aromatic carbocycles. The quantitative estimate of drug-likeness (QED) is 0.815. The minimum absolute atomic E-state index is 0.0826. The highest BCUT2D eigenvalue weighted by atomic mass is 19.4. The van der Waals surface area contributed by atoms with Crippen molar-refractivity contribution in [2.75, 3.05) is 18.0 Å². The second-order valence-electron chi connectivity index (χ2n) is 7.20. The number of aromatic nitrogens is 2. The Hall–Kier alpha value is -3.24. The van der Waals surface area contributed by atoms with Crippen LogP contribution in [-0.2, 0) is 29.1 Å². The van der Waals surface area contributed by atoms with Crippen molar-refractivity contribution in [1.29, 1.82) is 0 Å². The molecule has 0 unspecified atom stereocenters. The second-order valence-corrected chi connectivity index (χ2v) is 7.20. The molecule has 1 aromatic heterocycles. The number of nitrogens with one attached hydrogen (secondary N) is 1. The Labute approximate surface area is 169 Å². The first-order chi connectivity index (χ1) is 14.2. The fourth-order valence-corrected chi connectivity index (χ4v) is 3.50. The van der Waals surface area contributed by atoms with Gasteiger partial charge in [0.05, 0.1) is 25.0 Å². The summed E-state index contributed by atoms with van der Waals surface area (Å²) in [6.07, 6.45) is -3.76. The van der Waals surface area contributed by atoms with Gasteiger partial charge in [-0.3, -0.25) is 14.4 Å². The molecule has 0 spiro atoms. The van der Waals surface area contributed by atoms with Crippen molar-refractivity contribution < 1.29 is 32.2 Å². The number of carbonyl (C=O) groups excluding carboxylic acids is 2. The van der Waals surface area contributed by atoms with E-state index in [1.807, 2.05) is 0 Å². The Morgan fingerprint density at radius 1 is 1.33 bits per heavy atom. The van der Waals surface area contributed by atoms with E-state index in [1.54, 1.807) is 18.2 Å². The van der Waals surface area contributed by atoms with E-state index in [2.05, 4.69) is 10.4 Å². The molecule has 4 rings (SSSR count). The number of amides is 2. The summed E-state index contributed by atoms with van der Waals surface area (Å²) < 4.78 is 50.4. The first-order valence-electron chi connectivity index (χ1n) is 9.28. The van der Waals surface area contributed by atoms with Crippen molar-refractivity contribution in [3.05, 3.63) is 41.2 Å². The van der Waals surface area contributed by atoms with Crippen LogP contribution in [0.2, 0.25) is 0 Å². The van der Waals surface area contributed by atoms with Crippen LogP contribution in [0.5, 0.6) is 5.75 Å². The molecule has 160 valence electrons. The van der Waals surface area contributed by atoms with Crippen LogP contribution < -0.4 is 15.0 Å². The van der Waals surface area contributed by atoms with Gasteiger partial charge in [0.15, 0.2) is 0 Å². The molecule has 2 aliphatic rings. The lowest BCUT2D eigenvalue weighted by Gasteiger charge is -2.16. The highest BCUT2D eigenvalue weighted by Gasteiger charge is 2.34. The average Bonchev–Trinajstić information content (AvgIpc) is 3.15. The third-order valence-corrected chi connectivity index (χ3v) is 4.92. The third-order valence-electron chi connectivity index (χ3n) is 4.92. The maximum Gasteiger partial charge on any atom is 0.414 e. The van der Waals surface area contributed by atoms with Crippen LogP contribution in [0.1, 0.15) is 23.7 Å². The number of halogens is 3. The van der Waals surface area contributed by atoms with E-state index < -0.39 is 24.9 Å². The average molecular weight is 424 g/mol. The van der Waals surface area contributed by atoms with Crippen LogP contribution in [0, 0.1) is 0 Å². The lowest BCUT2D eigenvalue weighted by atomic mass is 10.1. The summed E-state index contributed by atoms with van der Waals surface area (Å²) in [4.78, 5) is 24.7. The van der Waals surface area contributed by atoms with Crippen molar-refractivity contribution in [2.24, 2.45) is 0 Å². The molecule has 0 aliphatic carbocycles. The number of ether oxygens (including phenoxy) is 2. The van der Waals surface area contributed by atoms with Crippen molar-refractivity contribution >= 4 is 17.7 Å². The zero-order chi connectivity index (χ0) is 21.5. The zero-order valence-corrected chi connectivity index (χ0v) is 16.0. The molecule has 3 heterocycles. The van der Waals surface area contributed by atoms with Gasteiger partial charge in [-0.15, -0.1) is 0 Å². The predicted octanol–water partition coefficient (Wildman–Crippen LogP) is 2.39. The Balaban J connectivity index is 1.53. The lowest BCUT2D eigenvalue weighted by Crippen LogP contribution is -2.33. The number of anilines is 1. The van der Waals surface area contributed by atoms with E-state index in [0.717, 1.165) is 4.68 Å². The zero-order valence-electron chi connectivity index (χ0n) is 16.0. The standard InChI is InChI=1S/C19H19F3N4O4/c1-11(27)23-7-15-8-25(18(28)30-15)14-3-2-12-4-16-13(9-29-17(12)5-14)6-24-26(16)10-19(20,21)22/h2-3,5-6,15H,4,7-10H2,1H3,(H,23,27)/t15-/m0/s1.